The first-order valence-corrected chi connectivity index (χ1v) is 8.89. The van der Waals surface area contributed by atoms with E-state index >= 15 is 0 Å². The topological polar surface area (TPSA) is 49.7 Å². The number of benzene rings is 1. The van der Waals surface area contributed by atoms with E-state index in [9.17, 15) is 10.2 Å². The summed E-state index contributed by atoms with van der Waals surface area (Å²) >= 11 is 0. The molecule has 0 amide bonds. The van der Waals surface area contributed by atoms with Crippen molar-refractivity contribution >= 4 is 0 Å². The Balaban J connectivity index is 1.75. The van der Waals surface area contributed by atoms with Gasteiger partial charge in [-0.2, -0.15) is 0 Å². The monoisotopic (exact) mass is 314 g/mol. The molecular formula is C20H26O3. The van der Waals surface area contributed by atoms with Crippen molar-refractivity contribution in [2.75, 3.05) is 7.11 Å². The fourth-order valence-electron chi connectivity index (χ4n) is 5.53. The van der Waals surface area contributed by atoms with E-state index in [-0.39, 0.29) is 17.3 Å². The minimum absolute atomic E-state index is 0.0275. The predicted molar refractivity (Wildman–Crippen MR) is 89.9 cm³/mol. The Morgan fingerprint density at radius 2 is 2.09 bits per heavy atom. The van der Waals surface area contributed by atoms with Crippen LogP contribution in [-0.2, 0) is 6.42 Å². The van der Waals surface area contributed by atoms with Crippen molar-refractivity contribution in [3.63, 3.8) is 0 Å². The maximum atomic E-state index is 10.6. The molecule has 4 atom stereocenters. The number of methoxy groups -OCH3 is 1. The van der Waals surface area contributed by atoms with Crippen molar-refractivity contribution < 1.29 is 14.9 Å². The first kappa shape index (κ1) is 15.1. The molecule has 4 rings (SSSR count). The van der Waals surface area contributed by atoms with E-state index in [0.717, 1.165) is 38.5 Å². The zero-order valence-corrected chi connectivity index (χ0v) is 14.0. The van der Waals surface area contributed by atoms with Crippen molar-refractivity contribution in [2.45, 2.75) is 57.5 Å². The van der Waals surface area contributed by atoms with Crippen molar-refractivity contribution in [1.29, 1.82) is 0 Å². The lowest BCUT2D eigenvalue weighted by molar-refractivity contribution is 0.0311. The minimum atomic E-state index is -0.195. The molecule has 0 heterocycles. The second kappa shape index (κ2) is 5.27. The zero-order chi connectivity index (χ0) is 16.2. The molecule has 124 valence electrons. The quantitative estimate of drug-likeness (QED) is 0.813. The highest BCUT2D eigenvalue weighted by atomic mass is 16.5. The van der Waals surface area contributed by atoms with Gasteiger partial charge < -0.3 is 14.9 Å². The van der Waals surface area contributed by atoms with E-state index < -0.39 is 0 Å². The van der Waals surface area contributed by atoms with Gasteiger partial charge in [0.2, 0.25) is 0 Å². The Hall–Kier alpha value is -1.48. The number of hydrogen-bond donors (Lipinski definition) is 2. The number of phenolic OH excluding ortho intramolecular Hbond substituents is 1. The number of ether oxygens (including phenoxy) is 1. The summed E-state index contributed by atoms with van der Waals surface area (Å²) in [4.78, 5) is 0. The number of aromatic hydroxyl groups is 1. The fraction of sp³-hybridized carbons (Fsp3) is 0.600. The standard InChI is InChI=1S/C20H26O3/c1-3-20-9-8-13-14(16(20)6-7-19(20)22)5-4-12-10-17(21)18(23-2)11-15(12)13/h6,10-11,13-14,19,21-22H,3-5,7-9H2,1-2H3/t13-,14+,19-,20-/m0/s1. The van der Waals surface area contributed by atoms with Gasteiger partial charge in [0, 0.05) is 5.41 Å². The van der Waals surface area contributed by atoms with E-state index in [1.54, 1.807) is 7.11 Å². The van der Waals surface area contributed by atoms with Gasteiger partial charge in [0.1, 0.15) is 0 Å². The van der Waals surface area contributed by atoms with Gasteiger partial charge in [-0.05, 0) is 73.6 Å². The van der Waals surface area contributed by atoms with Crippen molar-refractivity contribution in [1.82, 2.24) is 0 Å². The molecule has 3 heteroatoms. The first-order chi connectivity index (χ1) is 11.1. The Bertz CT molecular complexity index is 663. The normalized spacial score (nSPS) is 35.1. The average molecular weight is 314 g/mol. The molecule has 0 saturated heterocycles. The number of aryl methyl sites for hydroxylation is 1. The molecular weight excluding hydrogens is 288 g/mol. The number of phenols is 1. The Morgan fingerprint density at radius 3 is 2.83 bits per heavy atom. The SMILES string of the molecule is CC[C@]12CC[C@@H]3c4cc(OC)c(O)cc4CC[C@H]3C1=CC[C@@H]2O. The smallest absolute Gasteiger partial charge is 0.160 e. The van der Waals surface area contributed by atoms with Crippen molar-refractivity contribution in [2.24, 2.45) is 11.3 Å². The molecule has 23 heavy (non-hydrogen) atoms. The molecule has 1 aromatic rings. The summed E-state index contributed by atoms with van der Waals surface area (Å²) in [5.41, 5.74) is 4.16. The second-order valence-corrected chi connectivity index (χ2v) is 7.43. The summed E-state index contributed by atoms with van der Waals surface area (Å²) in [5, 5.41) is 20.6. The highest BCUT2D eigenvalue weighted by Gasteiger charge is 2.51. The summed E-state index contributed by atoms with van der Waals surface area (Å²) < 4.78 is 5.33. The summed E-state index contributed by atoms with van der Waals surface area (Å²) in [6.07, 6.45) is 8.30. The maximum Gasteiger partial charge on any atom is 0.160 e. The van der Waals surface area contributed by atoms with Crippen LogP contribution < -0.4 is 4.74 Å². The third-order valence-corrected chi connectivity index (χ3v) is 6.76. The van der Waals surface area contributed by atoms with Crippen LogP contribution in [0.1, 0.15) is 56.1 Å². The van der Waals surface area contributed by atoms with Crippen LogP contribution in [0.3, 0.4) is 0 Å². The summed E-state index contributed by atoms with van der Waals surface area (Å²) in [7, 11) is 1.61. The van der Waals surface area contributed by atoms with Crippen molar-refractivity contribution in [3.05, 3.63) is 34.9 Å². The highest BCUT2D eigenvalue weighted by molar-refractivity contribution is 5.50. The summed E-state index contributed by atoms with van der Waals surface area (Å²) in [6.45, 7) is 2.22. The maximum absolute atomic E-state index is 10.6. The number of hydrogen-bond acceptors (Lipinski definition) is 3. The predicted octanol–water partition coefficient (Wildman–Crippen LogP) is 3.93. The van der Waals surface area contributed by atoms with Gasteiger partial charge >= 0.3 is 0 Å². The van der Waals surface area contributed by atoms with Crippen molar-refractivity contribution in [3.8, 4) is 11.5 Å². The zero-order valence-electron chi connectivity index (χ0n) is 14.0. The molecule has 3 nitrogen and oxygen atoms in total. The molecule has 0 radical (unpaired) electrons. The Labute approximate surface area is 138 Å². The molecule has 3 aliphatic carbocycles. The van der Waals surface area contributed by atoms with E-state index in [4.69, 9.17) is 4.74 Å². The third kappa shape index (κ3) is 1.99. The number of aliphatic hydroxyl groups is 1. The summed E-state index contributed by atoms with van der Waals surface area (Å²) in [5.74, 6) is 1.88. The van der Waals surface area contributed by atoms with Gasteiger partial charge in [-0.15, -0.1) is 0 Å². The number of fused-ring (bicyclic) bond motifs is 5. The van der Waals surface area contributed by atoms with Crippen LogP contribution >= 0.6 is 0 Å². The van der Waals surface area contributed by atoms with Crippen LogP contribution in [0, 0.1) is 11.3 Å². The van der Waals surface area contributed by atoms with E-state index in [0.29, 0.717) is 17.6 Å². The summed E-state index contributed by atoms with van der Waals surface area (Å²) in [6, 6.07) is 3.94. The molecule has 3 aliphatic rings. The van der Waals surface area contributed by atoms with Crippen LogP contribution in [0.15, 0.2) is 23.8 Å². The second-order valence-electron chi connectivity index (χ2n) is 7.43. The Morgan fingerprint density at radius 1 is 1.26 bits per heavy atom. The molecule has 0 aliphatic heterocycles. The molecule has 2 N–H and O–H groups in total. The van der Waals surface area contributed by atoms with Gasteiger partial charge in [0.05, 0.1) is 13.2 Å². The van der Waals surface area contributed by atoms with Crippen LogP contribution in [0.4, 0.5) is 0 Å². The lowest BCUT2D eigenvalue weighted by atomic mass is 9.56. The van der Waals surface area contributed by atoms with Gasteiger partial charge in [0.15, 0.2) is 11.5 Å². The molecule has 0 bridgehead atoms. The molecule has 1 saturated carbocycles. The largest absolute Gasteiger partial charge is 0.504 e. The van der Waals surface area contributed by atoms with Crippen LogP contribution in [-0.4, -0.2) is 23.4 Å². The molecule has 1 aromatic carbocycles. The lowest BCUT2D eigenvalue weighted by Crippen LogP contribution is -2.41. The lowest BCUT2D eigenvalue weighted by Gasteiger charge is -2.49. The Kier molecular flexibility index (Phi) is 3.45. The van der Waals surface area contributed by atoms with Gasteiger partial charge in [-0.25, -0.2) is 0 Å². The molecule has 0 spiro atoms. The van der Waals surface area contributed by atoms with Crippen LogP contribution in [0.5, 0.6) is 11.5 Å². The third-order valence-electron chi connectivity index (χ3n) is 6.76. The molecule has 1 fully saturated rings. The molecule has 0 unspecified atom stereocenters. The number of rotatable bonds is 2. The highest BCUT2D eigenvalue weighted by Crippen LogP contribution is 2.60. The van der Waals surface area contributed by atoms with E-state index in [1.807, 2.05) is 12.1 Å². The van der Waals surface area contributed by atoms with Gasteiger partial charge in [-0.3, -0.25) is 0 Å². The van der Waals surface area contributed by atoms with Crippen LogP contribution in [0.2, 0.25) is 0 Å². The minimum Gasteiger partial charge on any atom is -0.504 e. The average Bonchev–Trinajstić information content (AvgIpc) is 2.91. The van der Waals surface area contributed by atoms with Gasteiger partial charge in [-0.1, -0.05) is 18.6 Å². The molecule has 0 aromatic heterocycles. The van der Waals surface area contributed by atoms with Crippen LogP contribution in [0.25, 0.3) is 0 Å². The van der Waals surface area contributed by atoms with Gasteiger partial charge in [0.25, 0.3) is 0 Å². The fourth-order valence-corrected chi connectivity index (χ4v) is 5.53. The first-order valence-electron chi connectivity index (χ1n) is 8.89. The van der Waals surface area contributed by atoms with E-state index in [1.165, 1.54) is 16.7 Å². The van der Waals surface area contributed by atoms with E-state index in [2.05, 4.69) is 13.0 Å². The number of aliphatic hydroxyl groups excluding tert-OH is 1.